The number of nitrogens with zero attached hydrogens (tertiary/aromatic N) is 2. The minimum absolute atomic E-state index is 0.170. The Morgan fingerprint density at radius 3 is 2.52 bits per heavy atom. The van der Waals surface area contributed by atoms with Crippen LogP contribution >= 0.6 is 15.9 Å². The van der Waals surface area contributed by atoms with Crippen LogP contribution in [0.4, 0.5) is 16.2 Å². The summed E-state index contributed by atoms with van der Waals surface area (Å²) in [5, 5.41) is 11.7. The van der Waals surface area contributed by atoms with Gasteiger partial charge in [0, 0.05) is 10.2 Å². The topological polar surface area (TPSA) is 73.2 Å². The molecular weight excluding hydrogens is 334 g/mol. The SMILES string of the molecule is N#Cc1cc(Br)ccc1N([C]=O)C(=O)Nc1ccccc1. The molecule has 2 aromatic carbocycles. The maximum absolute atomic E-state index is 12.1. The molecule has 2 aromatic rings. The Kier molecular flexibility index (Phi) is 4.69. The molecule has 5 nitrogen and oxygen atoms in total. The number of para-hydroxylation sites is 1. The van der Waals surface area contributed by atoms with Gasteiger partial charge in [-0.3, -0.25) is 4.79 Å². The van der Waals surface area contributed by atoms with Gasteiger partial charge < -0.3 is 5.32 Å². The van der Waals surface area contributed by atoms with E-state index in [2.05, 4.69) is 21.2 Å². The van der Waals surface area contributed by atoms with Gasteiger partial charge in [0.15, 0.2) is 0 Å². The standard InChI is InChI=1S/C15H9BrN3O2/c16-12-6-7-14(11(8-12)9-17)19(10-20)15(21)18-13-4-2-1-3-5-13/h1-8H,(H,18,21). The van der Waals surface area contributed by atoms with Gasteiger partial charge in [-0.15, -0.1) is 0 Å². The van der Waals surface area contributed by atoms with E-state index in [0.717, 1.165) is 4.90 Å². The van der Waals surface area contributed by atoms with Crippen molar-refractivity contribution in [2.45, 2.75) is 0 Å². The molecule has 0 aliphatic rings. The largest absolute Gasteiger partial charge is 0.333 e. The van der Waals surface area contributed by atoms with E-state index in [1.165, 1.54) is 18.5 Å². The van der Waals surface area contributed by atoms with Gasteiger partial charge in [-0.05, 0) is 30.3 Å². The first kappa shape index (κ1) is 14.8. The van der Waals surface area contributed by atoms with Gasteiger partial charge in [-0.25, -0.2) is 9.69 Å². The molecule has 0 aliphatic carbocycles. The molecule has 0 saturated heterocycles. The summed E-state index contributed by atoms with van der Waals surface area (Å²) in [5.41, 5.74) is 0.901. The van der Waals surface area contributed by atoms with E-state index in [0.29, 0.717) is 10.2 Å². The van der Waals surface area contributed by atoms with Crippen LogP contribution in [0, 0.1) is 11.3 Å². The average Bonchev–Trinajstić information content (AvgIpc) is 2.50. The van der Waals surface area contributed by atoms with Gasteiger partial charge in [0.1, 0.15) is 6.07 Å². The summed E-state index contributed by atoms with van der Waals surface area (Å²) < 4.78 is 0.678. The van der Waals surface area contributed by atoms with Crippen molar-refractivity contribution in [1.82, 2.24) is 0 Å². The Hall–Kier alpha value is -2.65. The van der Waals surface area contributed by atoms with Crippen molar-refractivity contribution in [2.24, 2.45) is 0 Å². The fourth-order valence-corrected chi connectivity index (χ4v) is 2.05. The van der Waals surface area contributed by atoms with Crippen molar-refractivity contribution >= 4 is 39.7 Å². The number of benzene rings is 2. The second-order valence-corrected chi connectivity index (χ2v) is 4.91. The van der Waals surface area contributed by atoms with Crippen LogP contribution in [-0.2, 0) is 4.79 Å². The third-order valence-corrected chi connectivity index (χ3v) is 3.13. The monoisotopic (exact) mass is 342 g/mol. The molecule has 0 bridgehead atoms. The molecule has 0 spiro atoms. The molecule has 2 rings (SSSR count). The summed E-state index contributed by atoms with van der Waals surface area (Å²) in [5.74, 6) is 0. The minimum Gasteiger partial charge on any atom is -0.307 e. The lowest BCUT2D eigenvalue weighted by Crippen LogP contribution is -2.34. The molecule has 0 fully saturated rings. The number of carbonyl (C=O) groups excluding carboxylic acids is 2. The maximum atomic E-state index is 12.1. The highest BCUT2D eigenvalue weighted by atomic mass is 79.9. The van der Waals surface area contributed by atoms with E-state index in [1.54, 1.807) is 30.3 Å². The first-order chi connectivity index (χ1) is 10.2. The molecule has 1 radical (unpaired) electrons. The van der Waals surface area contributed by atoms with Gasteiger partial charge >= 0.3 is 12.4 Å². The van der Waals surface area contributed by atoms with E-state index in [1.807, 2.05) is 12.1 Å². The summed E-state index contributed by atoms with van der Waals surface area (Å²) in [7, 11) is 0. The third-order valence-electron chi connectivity index (χ3n) is 2.64. The molecular formula is C15H9BrN3O2. The molecule has 0 atom stereocenters. The summed E-state index contributed by atoms with van der Waals surface area (Å²) in [6, 6.07) is 14.6. The minimum atomic E-state index is -0.685. The first-order valence-electron chi connectivity index (χ1n) is 5.89. The number of hydrogen-bond acceptors (Lipinski definition) is 3. The zero-order valence-corrected chi connectivity index (χ0v) is 12.3. The first-order valence-corrected chi connectivity index (χ1v) is 6.68. The lowest BCUT2D eigenvalue weighted by molar-refractivity contribution is 0.259. The number of rotatable bonds is 3. The van der Waals surface area contributed by atoms with Crippen LogP contribution in [0.3, 0.4) is 0 Å². The van der Waals surface area contributed by atoms with E-state index in [4.69, 9.17) is 5.26 Å². The second kappa shape index (κ2) is 6.68. The molecule has 6 heteroatoms. The molecule has 0 heterocycles. The van der Waals surface area contributed by atoms with Crippen molar-refractivity contribution in [3.63, 3.8) is 0 Å². The number of nitrogens with one attached hydrogen (secondary N) is 1. The van der Waals surface area contributed by atoms with Crippen LogP contribution in [0.1, 0.15) is 5.56 Å². The predicted octanol–water partition coefficient (Wildman–Crippen LogP) is 3.43. The zero-order chi connectivity index (χ0) is 15.2. The summed E-state index contributed by atoms with van der Waals surface area (Å²) >= 11 is 3.23. The van der Waals surface area contributed by atoms with Gasteiger partial charge in [0.25, 0.3) is 0 Å². The Labute approximate surface area is 129 Å². The predicted molar refractivity (Wildman–Crippen MR) is 82.5 cm³/mol. The third kappa shape index (κ3) is 3.46. The quantitative estimate of drug-likeness (QED) is 0.868. The van der Waals surface area contributed by atoms with Crippen molar-refractivity contribution < 1.29 is 9.59 Å². The van der Waals surface area contributed by atoms with Gasteiger partial charge in [0.2, 0.25) is 0 Å². The summed E-state index contributed by atoms with van der Waals surface area (Å²) in [6.45, 7) is 0. The zero-order valence-electron chi connectivity index (χ0n) is 10.7. The maximum Gasteiger partial charge on any atom is 0.333 e. The van der Waals surface area contributed by atoms with Crippen molar-refractivity contribution in [2.75, 3.05) is 10.2 Å². The molecule has 0 saturated carbocycles. The Morgan fingerprint density at radius 1 is 1.19 bits per heavy atom. The van der Waals surface area contributed by atoms with E-state index in [-0.39, 0.29) is 11.3 Å². The van der Waals surface area contributed by atoms with Crippen molar-refractivity contribution in [3.8, 4) is 6.07 Å². The Balaban J connectivity index is 2.30. The van der Waals surface area contributed by atoms with Crippen LogP contribution in [0.2, 0.25) is 0 Å². The fraction of sp³-hybridized carbons (Fsp3) is 0. The number of halogens is 1. The smallest absolute Gasteiger partial charge is 0.307 e. The van der Waals surface area contributed by atoms with Crippen LogP contribution in [0.15, 0.2) is 53.0 Å². The Morgan fingerprint density at radius 2 is 1.90 bits per heavy atom. The lowest BCUT2D eigenvalue weighted by atomic mass is 10.2. The second-order valence-electron chi connectivity index (χ2n) is 4.00. The molecule has 3 amide bonds. The number of nitriles is 1. The molecule has 103 valence electrons. The number of anilines is 2. The number of amides is 3. The molecule has 1 N–H and O–H groups in total. The van der Waals surface area contributed by atoms with Crippen molar-refractivity contribution in [1.29, 1.82) is 5.26 Å². The van der Waals surface area contributed by atoms with Crippen LogP contribution < -0.4 is 10.2 Å². The van der Waals surface area contributed by atoms with E-state index >= 15 is 0 Å². The van der Waals surface area contributed by atoms with Gasteiger partial charge in [-0.2, -0.15) is 5.26 Å². The number of hydrogen-bond donors (Lipinski definition) is 1. The molecule has 0 unspecified atom stereocenters. The summed E-state index contributed by atoms with van der Waals surface area (Å²) in [6.07, 6.45) is 1.54. The average molecular weight is 343 g/mol. The molecule has 21 heavy (non-hydrogen) atoms. The lowest BCUT2D eigenvalue weighted by Gasteiger charge is -2.16. The highest BCUT2D eigenvalue weighted by Gasteiger charge is 2.19. The highest BCUT2D eigenvalue weighted by molar-refractivity contribution is 9.10. The van der Waals surface area contributed by atoms with Gasteiger partial charge in [-0.1, -0.05) is 34.1 Å². The van der Waals surface area contributed by atoms with Gasteiger partial charge in [0.05, 0.1) is 11.3 Å². The van der Waals surface area contributed by atoms with E-state index in [9.17, 15) is 9.59 Å². The normalized spacial score (nSPS) is 9.52. The number of carbonyl (C=O) groups is 1. The molecule has 0 aromatic heterocycles. The Bertz CT molecular complexity index is 711. The highest BCUT2D eigenvalue weighted by Crippen LogP contribution is 2.24. The molecule has 0 aliphatic heterocycles. The number of urea groups is 1. The number of imide groups is 1. The van der Waals surface area contributed by atoms with E-state index < -0.39 is 6.03 Å². The van der Waals surface area contributed by atoms with Crippen LogP contribution in [-0.4, -0.2) is 12.4 Å². The van der Waals surface area contributed by atoms with Crippen LogP contribution in [0.5, 0.6) is 0 Å². The van der Waals surface area contributed by atoms with Crippen molar-refractivity contribution in [3.05, 3.63) is 58.6 Å². The van der Waals surface area contributed by atoms with Crippen LogP contribution in [0.25, 0.3) is 0 Å². The summed E-state index contributed by atoms with van der Waals surface area (Å²) in [4.78, 5) is 24.0. The fourth-order valence-electron chi connectivity index (χ4n) is 1.69.